The lowest BCUT2D eigenvalue weighted by Gasteiger charge is -2.13. The van der Waals surface area contributed by atoms with Crippen molar-refractivity contribution in [3.05, 3.63) is 17.8 Å². The van der Waals surface area contributed by atoms with E-state index in [1.54, 1.807) is 6.92 Å². The molecule has 14 heavy (non-hydrogen) atoms. The maximum absolute atomic E-state index is 11.6. The third-order valence-electron chi connectivity index (χ3n) is 2.06. The van der Waals surface area contributed by atoms with Crippen molar-refractivity contribution in [3.8, 4) is 0 Å². The fourth-order valence-corrected chi connectivity index (χ4v) is 1.10. The van der Waals surface area contributed by atoms with Gasteiger partial charge in [-0.15, -0.1) is 0 Å². The van der Waals surface area contributed by atoms with Gasteiger partial charge in [0.2, 0.25) is 5.76 Å². The summed E-state index contributed by atoms with van der Waals surface area (Å²) < 4.78 is 4.95. The van der Waals surface area contributed by atoms with Crippen molar-refractivity contribution in [2.45, 2.75) is 26.3 Å². The number of oxazole rings is 1. The molecule has 0 aliphatic carbocycles. The molecule has 1 unspecified atom stereocenters. The number of nitrogens with one attached hydrogen (secondary N) is 1. The smallest absolute Gasteiger partial charge is 0.289 e. The standard InChI is InChI=1S/C9H15N3O2/c1-3-7(4-10)12-9(13)8-6(2)11-5-14-8/h5,7H,3-4,10H2,1-2H3,(H,12,13). The zero-order valence-electron chi connectivity index (χ0n) is 8.41. The largest absolute Gasteiger partial charge is 0.438 e. The predicted octanol–water partition coefficient (Wildman–Crippen LogP) is 0.450. The van der Waals surface area contributed by atoms with Gasteiger partial charge < -0.3 is 15.5 Å². The van der Waals surface area contributed by atoms with Crippen LogP contribution in [-0.4, -0.2) is 23.5 Å². The molecular weight excluding hydrogens is 182 g/mol. The number of rotatable bonds is 4. The summed E-state index contributed by atoms with van der Waals surface area (Å²) in [5.74, 6) is 0.00852. The van der Waals surface area contributed by atoms with E-state index in [9.17, 15) is 4.79 Å². The summed E-state index contributed by atoms with van der Waals surface area (Å²) in [7, 11) is 0. The van der Waals surface area contributed by atoms with Gasteiger partial charge in [0.15, 0.2) is 6.39 Å². The average molecular weight is 197 g/mol. The third-order valence-corrected chi connectivity index (χ3v) is 2.06. The van der Waals surface area contributed by atoms with Crippen LogP contribution in [0.1, 0.15) is 29.6 Å². The Morgan fingerprint density at radius 1 is 1.79 bits per heavy atom. The van der Waals surface area contributed by atoms with Crippen LogP contribution in [0.25, 0.3) is 0 Å². The summed E-state index contributed by atoms with van der Waals surface area (Å²) in [6.07, 6.45) is 2.06. The molecule has 1 rings (SSSR count). The number of carbonyl (C=O) groups is 1. The summed E-state index contributed by atoms with van der Waals surface area (Å²) in [5.41, 5.74) is 6.05. The van der Waals surface area contributed by atoms with Crippen LogP contribution in [0.3, 0.4) is 0 Å². The molecule has 0 aromatic carbocycles. The lowest BCUT2D eigenvalue weighted by atomic mass is 10.2. The van der Waals surface area contributed by atoms with E-state index in [0.717, 1.165) is 6.42 Å². The lowest BCUT2D eigenvalue weighted by Crippen LogP contribution is -2.39. The highest BCUT2D eigenvalue weighted by Gasteiger charge is 2.16. The molecule has 0 saturated heterocycles. The fourth-order valence-electron chi connectivity index (χ4n) is 1.10. The Labute approximate surface area is 82.7 Å². The molecule has 0 aliphatic rings. The first-order valence-corrected chi connectivity index (χ1v) is 4.60. The Morgan fingerprint density at radius 2 is 2.50 bits per heavy atom. The van der Waals surface area contributed by atoms with E-state index in [4.69, 9.17) is 10.2 Å². The highest BCUT2D eigenvalue weighted by molar-refractivity contribution is 5.92. The Hall–Kier alpha value is -1.36. The van der Waals surface area contributed by atoms with Crippen molar-refractivity contribution in [1.82, 2.24) is 10.3 Å². The van der Waals surface area contributed by atoms with Crippen LogP contribution >= 0.6 is 0 Å². The number of hydrogen-bond acceptors (Lipinski definition) is 4. The predicted molar refractivity (Wildman–Crippen MR) is 51.8 cm³/mol. The molecular formula is C9H15N3O2. The maximum Gasteiger partial charge on any atom is 0.289 e. The fraction of sp³-hybridized carbons (Fsp3) is 0.556. The molecule has 0 radical (unpaired) electrons. The van der Waals surface area contributed by atoms with Gasteiger partial charge >= 0.3 is 0 Å². The third kappa shape index (κ3) is 2.32. The maximum atomic E-state index is 11.6. The molecule has 5 heteroatoms. The molecule has 0 aliphatic heterocycles. The summed E-state index contributed by atoms with van der Waals surface area (Å²) in [5, 5.41) is 2.76. The van der Waals surface area contributed by atoms with Gasteiger partial charge in [-0.2, -0.15) is 0 Å². The van der Waals surface area contributed by atoms with Gasteiger partial charge in [0.25, 0.3) is 5.91 Å². The second-order valence-electron chi connectivity index (χ2n) is 3.08. The van der Waals surface area contributed by atoms with Gasteiger partial charge in [-0.3, -0.25) is 4.79 Å². The van der Waals surface area contributed by atoms with Gasteiger partial charge in [0.1, 0.15) is 0 Å². The number of aromatic nitrogens is 1. The summed E-state index contributed by atoms with van der Waals surface area (Å²) in [6, 6.07) is -0.00741. The van der Waals surface area contributed by atoms with Crippen LogP contribution in [0.15, 0.2) is 10.8 Å². The van der Waals surface area contributed by atoms with Crippen molar-refractivity contribution < 1.29 is 9.21 Å². The van der Waals surface area contributed by atoms with Crippen LogP contribution in [-0.2, 0) is 0 Å². The molecule has 0 fully saturated rings. The van der Waals surface area contributed by atoms with E-state index in [2.05, 4.69) is 10.3 Å². The number of carbonyl (C=O) groups excluding carboxylic acids is 1. The minimum atomic E-state index is -0.252. The van der Waals surface area contributed by atoms with Crippen molar-refractivity contribution >= 4 is 5.91 Å². The second-order valence-corrected chi connectivity index (χ2v) is 3.08. The number of aryl methyl sites for hydroxylation is 1. The monoisotopic (exact) mass is 197 g/mol. The molecule has 1 heterocycles. The van der Waals surface area contributed by atoms with E-state index < -0.39 is 0 Å². The summed E-state index contributed by atoms with van der Waals surface area (Å²) >= 11 is 0. The molecule has 1 aromatic rings. The van der Waals surface area contributed by atoms with E-state index in [1.807, 2.05) is 6.92 Å². The van der Waals surface area contributed by atoms with Gasteiger partial charge in [0, 0.05) is 12.6 Å². The number of nitrogens with two attached hydrogens (primary N) is 1. The first kappa shape index (κ1) is 10.7. The minimum Gasteiger partial charge on any atom is -0.438 e. The first-order chi connectivity index (χ1) is 6.69. The Kier molecular flexibility index (Phi) is 3.64. The zero-order chi connectivity index (χ0) is 10.6. The van der Waals surface area contributed by atoms with Crippen molar-refractivity contribution in [2.75, 3.05) is 6.54 Å². The molecule has 5 nitrogen and oxygen atoms in total. The first-order valence-electron chi connectivity index (χ1n) is 4.60. The van der Waals surface area contributed by atoms with E-state index >= 15 is 0 Å². The van der Waals surface area contributed by atoms with Crippen LogP contribution in [0.2, 0.25) is 0 Å². The molecule has 0 spiro atoms. The topological polar surface area (TPSA) is 81.1 Å². The van der Waals surface area contributed by atoms with Gasteiger partial charge in [-0.05, 0) is 13.3 Å². The molecule has 3 N–H and O–H groups in total. The SMILES string of the molecule is CCC(CN)NC(=O)c1ocnc1C. The van der Waals surface area contributed by atoms with Crippen LogP contribution in [0.4, 0.5) is 0 Å². The Balaban J connectivity index is 2.63. The normalized spacial score (nSPS) is 12.5. The van der Waals surface area contributed by atoms with E-state index in [0.29, 0.717) is 12.2 Å². The Morgan fingerprint density at radius 3 is 2.93 bits per heavy atom. The summed E-state index contributed by atoms with van der Waals surface area (Å²) in [4.78, 5) is 15.4. The van der Waals surface area contributed by atoms with Crippen LogP contribution in [0.5, 0.6) is 0 Å². The molecule has 1 aromatic heterocycles. The molecule has 0 saturated carbocycles. The molecule has 0 bridgehead atoms. The number of hydrogen-bond donors (Lipinski definition) is 2. The summed E-state index contributed by atoms with van der Waals surface area (Å²) in [6.45, 7) is 4.11. The lowest BCUT2D eigenvalue weighted by molar-refractivity contribution is 0.0908. The van der Waals surface area contributed by atoms with Gasteiger partial charge in [-0.1, -0.05) is 6.92 Å². The van der Waals surface area contributed by atoms with Gasteiger partial charge in [0.05, 0.1) is 5.69 Å². The molecule has 1 amide bonds. The average Bonchev–Trinajstić information content (AvgIpc) is 2.60. The Bertz CT molecular complexity index is 305. The molecule has 78 valence electrons. The minimum absolute atomic E-state index is 0.00741. The van der Waals surface area contributed by atoms with Gasteiger partial charge in [-0.25, -0.2) is 4.98 Å². The highest BCUT2D eigenvalue weighted by Crippen LogP contribution is 2.05. The van der Waals surface area contributed by atoms with E-state index in [1.165, 1.54) is 6.39 Å². The molecule has 1 atom stereocenters. The number of amides is 1. The van der Waals surface area contributed by atoms with E-state index in [-0.39, 0.29) is 17.7 Å². The van der Waals surface area contributed by atoms with Crippen LogP contribution in [0, 0.1) is 6.92 Å². The second kappa shape index (κ2) is 4.76. The van der Waals surface area contributed by atoms with Crippen LogP contribution < -0.4 is 11.1 Å². The van der Waals surface area contributed by atoms with Crippen molar-refractivity contribution in [3.63, 3.8) is 0 Å². The number of nitrogens with zero attached hydrogens (tertiary/aromatic N) is 1. The highest BCUT2D eigenvalue weighted by atomic mass is 16.3. The van der Waals surface area contributed by atoms with Crippen molar-refractivity contribution in [1.29, 1.82) is 0 Å². The zero-order valence-corrected chi connectivity index (χ0v) is 8.41. The quantitative estimate of drug-likeness (QED) is 0.734. The van der Waals surface area contributed by atoms with Crippen molar-refractivity contribution in [2.24, 2.45) is 5.73 Å².